The Hall–Kier alpha value is -4.28. The van der Waals surface area contributed by atoms with E-state index in [2.05, 4.69) is 20.5 Å². The summed E-state index contributed by atoms with van der Waals surface area (Å²) in [6.07, 6.45) is 0. The number of hydrogen-bond acceptors (Lipinski definition) is 10. The summed E-state index contributed by atoms with van der Waals surface area (Å²) in [5.41, 5.74) is 2.41. The van der Waals surface area contributed by atoms with Crippen molar-refractivity contribution in [2.75, 3.05) is 35.5 Å². The van der Waals surface area contributed by atoms with Gasteiger partial charge in [-0.3, -0.25) is 0 Å². The smallest absolute Gasteiger partial charge is 0.280 e. The van der Waals surface area contributed by atoms with Gasteiger partial charge in [-0.2, -0.15) is 4.98 Å². The van der Waals surface area contributed by atoms with Crippen LogP contribution in [-0.4, -0.2) is 60.7 Å². The van der Waals surface area contributed by atoms with Crippen molar-refractivity contribution in [1.29, 1.82) is 0 Å². The zero-order valence-electron chi connectivity index (χ0n) is 19.1. The number of ether oxygens (including phenoxy) is 5. The highest BCUT2D eigenvalue weighted by atomic mass is 16.5. The predicted octanol–water partition coefficient (Wildman–Crippen LogP) is 3.34. The van der Waals surface area contributed by atoms with Gasteiger partial charge >= 0.3 is 0 Å². The molecule has 0 bridgehead atoms. The molecule has 4 aromatic rings. The minimum Gasteiger partial charge on any atom is -0.497 e. The van der Waals surface area contributed by atoms with Crippen LogP contribution in [0.15, 0.2) is 34.9 Å². The minimum atomic E-state index is 0.212. The molecule has 0 amide bonds. The molecule has 0 unspecified atom stereocenters. The molecule has 33 heavy (non-hydrogen) atoms. The average Bonchev–Trinajstić information content (AvgIpc) is 3.49. The molecule has 0 radical (unpaired) electrons. The Bertz CT molecular complexity index is 1260. The van der Waals surface area contributed by atoms with Gasteiger partial charge in [0.25, 0.3) is 5.89 Å². The van der Waals surface area contributed by atoms with Crippen LogP contribution in [0.3, 0.4) is 0 Å². The quantitative estimate of drug-likeness (QED) is 0.393. The van der Waals surface area contributed by atoms with Gasteiger partial charge in [0.1, 0.15) is 17.2 Å². The first kappa shape index (κ1) is 21.9. The molecule has 2 aromatic carbocycles. The molecule has 11 heteroatoms. The molecule has 4 rings (SSSR count). The third-order valence-corrected chi connectivity index (χ3v) is 5.06. The summed E-state index contributed by atoms with van der Waals surface area (Å²) in [6, 6.07) is 8.88. The highest BCUT2D eigenvalue weighted by Crippen LogP contribution is 2.41. The van der Waals surface area contributed by atoms with Gasteiger partial charge in [0, 0.05) is 11.6 Å². The van der Waals surface area contributed by atoms with Crippen molar-refractivity contribution in [3.8, 4) is 57.4 Å². The SMILES string of the molecule is COc1ccc(OC)c(-n2nnc(-c3nc(-c4cc(OC)c(OC)c(OC)c4)no3)c2C)c1. The van der Waals surface area contributed by atoms with E-state index in [1.54, 1.807) is 49.2 Å². The summed E-state index contributed by atoms with van der Waals surface area (Å²) < 4.78 is 34.1. The summed E-state index contributed by atoms with van der Waals surface area (Å²) in [7, 11) is 7.79. The van der Waals surface area contributed by atoms with E-state index in [4.69, 9.17) is 28.2 Å². The van der Waals surface area contributed by atoms with Crippen molar-refractivity contribution in [2.45, 2.75) is 6.92 Å². The molecular weight excluding hydrogens is 430 g/mol. The average molecular weight is 453 g/mol. The Morgan fingerprint density at radius 3 is 2.12 bits per heavy atom. The number of rotatable bonds is 8. The minimum absolute atomic E-state index is 0.212. The fourth-order valence-corrected chi connectivity index (χ4v) is 3.36. The molecule has 0 aliphatic carbocycles. The van der Waals surface area contributed by atoms with Crippen molar-refractivity contribution in [1.82, 2.24) is 25.1 Å². The Morgan fingerprint density at radius 2 is 1.52 bits per heavy atom. The summed E-state index contributed by atoms with van der Waals surface area (Å²) in [5.74, 6) is 3.24. The van der Waals surface area contributed by atoms with E-state index in [0.717, 1.165) is 0 Å². The van der Waals surface area contributed by atoms with Gasteiger partial charge in [0.2, 0.25) is 11.6 Å². The first-order chi connectivity index (χ1) is 16.0. The van der Waals surface area contributed by atoms with E-state index in [0.29, 0.717) is 57.2 Å². The van der Waals surface area contributed by atoms with Gasteiger partial charge in [-0.15, -0.1) is 5.10 Å². The Kier molecular flexibility index (Phi) is 6.03. The van der Waals surface area contributed by atoms with Crippen LogP contribution in [0.5, 0.6) is 28.7 Å². The van der Waals surface area contributed by atoms with Gasteiger partial charge in [0.15, 0.2) is 17.2 Å². The molecule has 0 fully saturated rings. The first-order valence-electron chi connectivity index (χ1n) is 9.83. The third kappa shape index (κ3) is 3.88. The van der Waals surface area contributed by atoms with Crippen LogP contribution in [0.2, 0.25) is 0 Å². The van der Waals surface area contributed by atoms with Gasteiger partial charge in [-0.1, -0.05) is 10.4 Å². The zero-order chi connectivity index (χ0) is 23.5. The van der Waals surface area contributed by atoms with E-state index >= 15 is 0 Å². The van der Waals surface area contributed by atoms with Crippen LogP contribution < -0.4 is 23.7 Å². The fraction of sp³-hybridized carbons (Fsp3) is 0.273. The lowest BCUT2D eigenvalue weighted by molar-refractivity contribution is 0.324. The second-order valence-electron chi connectivity index (χ2n) is 6.81. The van der Waals surface area contributed by atoms with E-state index in [-0.39, 0.29) is 5.89 Å². The Balaban J connectivity index is 1.74. The topological polar surface area (TPSA) is 116 Å². The van der Waals surface area contributed by atoms with Crippen LogP contribution >= 0.6 is 0 Å². The molecule has 0 spiro atoms. The standard InChI is InChI=1S/C22H23N5O6/c1-12-19(24-26-27(12)15-11-14(28-2)7-8-16(15)29-3)22-23-21(25-33-22)13-9-17(30-4)20(32-6)18(10-13)31-5/h7-11H,1-6H3. The second kappa shape index (κ2) is 9.07. The predicted molar refractivity (Wildman–Crippen MR) is 118 cm³/mol. The maximum atomic E-state index is 5.49. The molecule has 2 aromatic heterocycles. The molecule has 0 aliphatic rings. The van der Waals surface area contributed by atoms with Crippen LogP contribution in [0.1, 0.15) is 5.69 Å². The maximum absolute atomic E-state index is 5.49. The normalized spacial score (nSPS) is 10.7. The van der Waals surface area contributed by atoms with Gasteiger partial charge in [0.05, 0.1) is 41.2 Å². The van der Waals surface area contributed by atoms with Crippen molar-refractivity contribution in [2.24, 2.45) is 0 Å². The molecular formula is C22H23N5O6. The fourth-order valence-electron chi connectivity index (χ4n) is 3.36. The molecule has 11 nitrogen and oxygen atoms in total. The molecule has 2 heterocycles. The Labute approximate surface area is 189 Å². The lowest BCUT2D eigenvalue weighted by Crippen LogP contribution is -2.02. The zero-order valence-corrected chi connectivity index (χ0v) is 19.1. The lowest BCUT2D eigenvalue weighted by atomic mass is 10.1. The largest absolute Gasteiger partial charge is 0.497 e. The number of hydrogen-bond donors (Lipinski definition) is 0. The van der Waals surface area contributed by atoms with Gasteiger partial charge in [-0.05, 0) is 31.2 Å². The molecule has 0 saturated carbocycles. The molecule has 0 saturated heterocycles. The van der Waals surface area contributed by atoms with Gasteiger partial charge in [-0.25, -0.2) is 4.68 Å². The number of benzene rings is 2. The summed E-state index contributed by atoms with van der Waals surface area (Å²) in [6.45, 7) is 1.84. The summed E-state index contributed by atoms with van der Waals surface area (Å²) in [4.78, 5) is 4.50. The lowest BCUT2D eigenvalue weighted by Gasteiger charge is -2.12. The van der Waals surface area contributed by atoms with E-state index in [1.165, 1.54) is 21.3 Å². The molecule has 0 N–H and O–H groups in total. The maximum Gasteiger partial charge on any atom is 0.280 e. The van der Waals surface area contributed by atoms with Crippen LogP contribution in [0.25, 0.3) is 28.7 Å². The van der Waals surface area contributed by atoms with Crippen molar-refractivity contribution in [3.63, 3.8) is 0 Å². The van der Waals surface area contributed by atoms with Crippen molar-refractivity contribution < 1.29 is 28.2 Å². The van der Waals surface area contributed by atoms with E-state index in [9.17, 15) is 0 Å². The third-order valence-electron chi connectivity index (χ3n) is 5.06. The Morgan fingerprint density at radius 1 is 0.818 bits per heavy atom. The van der Waals surface area contributed by atoms with Crippen LogP contribution in [0, 0.1) is 6.92 Å². The van der Waals surface area contributed by atoms with Crippen LogP contribution in [-0.2, 0) is 0 Å². The highest BCUT2D eigenvalue weighted by molar-refractivity contribution is 5.67. The molecule has 172 valence electrons. The molecule has 0 aliphatic heterocycles. The monoisotopic (exact) mass is 453 g/mol. The number of nitrogens with zero attached hydrogens (tertiary/aromatic N) is 5. The first-order valence-corrected chi connectivity index (χ1v) is 9.83. The molecule has 0 atom stereocenters. The number of methoxy groups -OCH3 is 5. The second-order valence-corrected chi connectivity index (χ2v) is 6.81. The van der Waals surface area contributed by atoms with Crippen LogP contribution in [0.4, 0.5) is 0 Å². The van der Waals surface area contributed by atoms with Gasteiger partial charge < -0.3 is 28.2 Å². The summed E-state index contributed by atoms with van der Waals surface area (Å²) >= 11 is 0. The van der Waals surface area contributed by atoms with E-state index < -0.39 is 0 Å². The van der Waals surface area contributed by atoms with Crippen molar-refractivity contribution in [3.05, 3.63) is 36.0 Å². The highest BCUT2D eigenvalue weighted by Gasteiger charge is 2.22. The van der Waals surface area contributed by atoms with Crippen molar-refractivity contribution >= 4 is 0 Å². The summed E-state index contributed by atoms with van der Waals surface area (Å²) in [5, 5.41) is 12.6. The number of aromatic nitrogens is 5. The van der Waals surface area contributed by atoms with E-state index in [1.807, 2.05) is 6.92 Å².